The molecule has 2 heterocycles. The zero-order valence-corrected chi connectivity index (χ0v) is 27.3. The molecule has 4 nitrogen and oxygen atoms in total. The lowest BCUT2D eigenvalue weighted by Gasteiger charge is -2.23. The minimum Gasteiger partial charge on any atom is -0.264 e. The maximum atomic E-state index is 5.00. The summed E-state index contributed by atoms with van der Waals surface area (Å²) < 4.78 is 0. The van der Waals surface area contributed by atoms with E-state index >= 15 is 0 Å². The van der Waals surface area contributed by atoms with Gasteiger partial charge in [0.15, 0.2) is 17.5 Å². The minimum atomic E-state index is -0.106. The molecule has 8 aromatic rings. The van der Waals surface area contributed by atoms with Crippen LogP contribution in [0, 0.1) is 0 Å². The first-order valence-corrected chi connectivity index (χ1v) is 16.6. The maximum Gasteiger partial charge on any atom is 0.165 e. The number of benzene rings is 6. The van der Waals surface area contributed by atoms with Gasteiger partial charge in [-0.25, -0.2) is 15.0 Å². The van der Waals surface area contributed by atoms with Gasteiger partial charge < -0.3 is 0 Å². The Hall–Kier alpha value is -6.26. The van der Waals surface area contributed by atoms with Crippen molar-refractivity contribution in [3.05, 3.63) is 169 Å². The van der Waals surface area contributed by atoms with Crippen LogP contribution in [0.2, 0.25) is 0 Å². The van der Waals surface area contributed by atoms with Gasteiger partial charge in [0, 0.05) is 34.5 Å². The molecule has 2 aromatic heterocycles. The van der Waals surface area contributed by atoms with E-state index in [2.05, 4.69) is 146 Å². The molecule has 0 spiro atoms. The fourth-order valence-corrected chi connectivity index (χ4v) is 7.39. The van der Waals surface area contributed by atoms with Gasteiger partial charge in [0.1, 0.15) is 0 Å². The van der Waals surface area contributed by atoms with Crippen molar-refractivity contribution in [3.8, 4) is 67.5 Å². The molecule has 0 saturated carbocycles. The van der Waals surface area contributed by atoms with Gasteiger partial charge >= 0.3 is 0 Å². The molecular weight excluding hydrogens is 597 g/mol. The summed E-state index contributed by atoms with van der Waals surface area (Å²) in [6.45, 7) is 4.70. The highest BCUT2D eigenvalue weighted by atomic mass is 15.0. The average molecular weight is 629 g/mol. The molecule has 4 heteroatoms. The third-order valence-corrected chi connectivity index (χ3v) is 9.82. The molecule has 0 unspecified atom stereocenters. The number of aromatic nitrogens is 4. The van der Waals surface area contributed by atoms with Crippen molar-refractivity contribution in [3.63, 3.8) is 0 Å². The highest BCUT2D eigenvalue weighted by Gasteiger charge is 2.38. The second-order valence-electron chi connectivity index (χ2n) is 13.1. The van der Waals surface area contributed by atoms with Gasteiger partial charge in [-0.2, -0.15) is 0 Å². The fraction of sp³-hybridized carbons (Fsp3) is 0.0667. The predicted octanol–water partition coefficient (Wildman–Crippen LogP) is 11.1. The zero-order valence-electron chi connectivity index (χ0n) is 27.3. The molecule has 0 radical (unpaired) electrons. The number of pyridine rings is 1. The quantitative estimate of drug-likeness (QED) is 0.190. The van der Waals surface area contributed by atoms with E-state index in [9.17, 15) is 0 Å². The van der Waals surface area contributed by atoms with Gasteiger partial charge in [0.05, 0.1) is 0 Å². The third-order valence-electron chi connectivity index (χ3n) is 9.82. The summed E-state index contributed by atoms with van der Waals surface area (Å²) in [6.07, 6.45) is 3.55. The summed E-state index contributed by atoms with van der Waals surface area (Å²) in [6, 6.07) is 51.3. The van der Waals surface area contributed by atoms with Gasteiger partial charge in [-0.15, -0.1) is 0 Å². The second kappa shape index (κ2) is 11.5. The first kappa shape index (κ1) is 28.9. The Bertz CT molecular complexity index is 2490. The van der Waals surface area contributed by atoms with Gasteiger partial charge in [-0.3, -0.25) is 4.98 Å². The lowest BCUT2D eigenvalue weighted by atomic mass is 9.80. The molecule has 0 saturated heterocycles. The molecule has 1 aliphatic rings. The van der Waals surface area contributed by atoms with Crippen LogP contribution in [0.25, 0.3) is 78.3 Å². The van der Waals surface area contributed by atoms with Crippen LogP contribution in [0.3, 0.4) is 0 Å². The van der Waals surface area contributed by atoms with Crippen molar-refractivity contribution in [1.82, 2.24) is 19.9 Å². The summed E-state index contributed by atoms with van der Waals surface area (Å²) in [5, 5.41) is 2.61. The molecule has 49 heavy (non-hydrogen) atoms. The van der Waals surface area contributed by atoms with Gasteiger partial charge in [-0.1, -0.05) is 147 Å². The second-order valence-corrected chi connectivity index (χ2v) is 13.1. The summed E-state index contributed by atoms with van der Waals surface area (Å²) in [5.41, 5.74) is 12.7. The van der Waals surface area contributed by atoms with Gasteiger partial charge in [0.25, 0.3) is 0 Å². The summed E-state index contributed by atoms with van der Waals surface area (Å²) in [5.74, 6) is 1.84. The Morgan fingerprint density at radius 1 is 0.429 bits per heavy atom. The lowest BCUT2D eigenvalue weighted by Crippen LogP contribution is -2.15. The van der Waals surface area contributed by atoms with Crippen molar-refractivity contribution >= 4 is 10.8 Å². The van der Waals surface area contributed by atoms with Crippen molar-refractivity contribution < 1.29 is 0 Å². The molecular formula is C45H32N4. The number of nitrogens with zero attached hydrogens (tertiary/aromatic N) is 4. The van der Waals surface area contributed by atoms with E-state index in [0.29, 0.717) is 17.5 Å². The Kier molecular flexibility index (Phi) is 6.77. The van der Waals surface area contributed by atoms with E-state index in [1.807, 2.05) is 18.2 Å². The van der Waals surface area contributed by atoms with Gasteiger partial charge in [-0.05, 0) is 67.4 Å². The van der Waals surface area contributed by atoms with Crippen LogP contribution in [0.5, 0.6) is 0 Å². The van der Waals surface area contributed by atoms with E-state index < -0.39 is 0 Å². The average Bonchev–Trinajstić information content (AvgIpc) is 3.42. The van der Waals surface area contributed by atoms with E-state index in [0.717, 1.165) is 27.8 Å². The third kappa shape index (κ3) is 4.92. The SMILES string of the molecule is CC1(C)c2cccc(-c3ccc(-c4nc(-c5ccc(-c6ccccc6)cc5)nc(-c5cccnc5)n4)cc3)c2-c2ccc3ccccc3c21. The summed E-state index contributed by atoms with van der Waals surface area (Å²) >= 11 is 0. The first-order valence-electron chi connectivity index (χ1n) is 16.6. The first-order chi connectivity index (χ1) is 24.0. The molecule has 9 rings (SSSR count). The number of rotatable bonds is 5. The Morgan fingerprint density at radius 3 is 1.71 bits per heavy atom. The van der Waals surface area contributed by atoms with Crippen LogP contribution < -0.4 is 0 Å². The van der Waals surface area contributed by atoms with Crippen LogP contribution in [0.15, 0.2) is 158 Å². The van der Waals surface area contributed by atoms with Crippen LogP contribution in [0.1, 0.15) is 25.0 Å². The smallest absolute Gasteiger partial charge is 0.165 e. The van der Waals surface area contributed by atoms with Crippen molar-refractivity contribution in [2.75, 3.05) is 0 Å². The normalized spacial score (nSPS) is 12.9. The highest BCUT2D eigenvalue weighted by molar-refractivity contribution is 6.01. The zero-order chi connectivity index (χ0) is 33.0. The Balaban J connectivity index is 1.13. The summed E-state index contributed by atoms with van der Waals surface area (Å²) in [7, 11) is 0. The molecule has 0 fully saturated rings. The molecule has 1 aliphatic carbocycles. The standard InChI is InChI=1S/C45H32N4/c1-45(2)39-16-8-15-36(40(39)38-26-25-31-12-6-7-14-37(31)41(38)45)32-19-23-34(24-20-32)43-47-42(48-44(49-43)35-13-9-27-46-28-35)33-21-17-30(18-22-33)29-10-4-3-5-11-29/h3-28H,1-2H3. The molecule has 232 valence electrons. The van der Waals surface area contributed by atoms with E-state index in [4.69, 9.17) is 15.0 Å². The maximum absolute atomic E-state index is 5.00. The topological polar surface area (TPSA) is 51.6 Å². The Morgan fingerprint density at radius 2 is 1.02 bits per heavy atom. The van der Waals surface area contributed by atoms with Crippen LogP contribution in [-0.2, 0) is 5.41 Å². The molecule has 0 N–H and O–H groups in total. The largest absolute Gasteiger partial charge is 0.264 e. The molecule has 0 bridgehead atoms. The molecule has 0 aliphatic heterocycles. The number of fused-ring (bicyclic) bond motifs is 5. The van der Waals surface area contributed by atoms with Crippen LogP contribution in [-0.4, -0.2) is 19.9 Å². The fourth-order valence-electron chi connectivity index (χ4n) is 7.39. The van der Waals surface area contributed by atoms with Gasteiger partial charge in [0.2, 0.25) is 0 Å². The molecule has 6 aromatic carbocycles. The highest BCUT2D eigenvalue weighted by Crippen LogP contribution is 2.54. The van der Waals surface area contributed by atoms with E-state index in [-0.39, 0.29) is 5.41 Å². The van der Waals surface area contributed by atoms with Crippen molar-refractivity contribution in [2.24, 2.45) is 0 Å². The van der Waals surface area contributed by atoms with E-state index in [1.165, 1.54) is 44.2 Å². The minimum absolute atomic E-state index is 0.106. The number of hydrogen-bond acceptors (Lipinski definition) is 4. The monoisotopic (exact) mass is 628 g/mol. The van der Waals surface area contributed by atoms with E-state index in [1.54, 1.807) is 12.4 Å². The van der Waals surface area contributed by atoms with Crippen LogP contribution in [0.4, 0.5) is 0 Å². The molecule has 0 amide bonds. The number of hydrogen-bond donors (Lipinski definition) is 0. The predicted molar refractivity (Wildman–Crippen MR) is 200 cm³/mol. The lowest BCUT2D eigenvalue weighted by molar-refractivity contribution is 0.666. The van der Waals surface area contributed by atoms with Crippen molar-refractivity contribution in [1.29, 1.82) is 0 Å². The summed E-state index contributed by atoms with van der Waals surface area (Å²) in [4.78, 5) is 19.2. The Labute approximate surface area is 285 Å². The van der Waals surface area contributed by atoms with Crippen LogP contribution >= 0.6 is 0 Å². The molecule has 0 atom stereocenters. The van der Waals surface area contributed by atoms with Crippen molar-refractivity contribution in [2.45, 2.75) is 19.3 Å².